The predicted molar refractivity (Wildman–Crippen MR) is 77.3 cm³/mol. The molecule has 1 aliphatic carbocycles. The average Bonchev–Trinajstić information content (AvgIpc) is 3.23. The van der Waals surface area contributed by atoms with Crippen molar-refractivity contribution in [3.05, 3.63) is 29.6 Å². The maximum atomic E-state index is 5.87. The van der Waals surface area contributed by atoms with Crippen LogP contribution in [0.5, 0.6) is 0 Å². The SMILES string of the molecule is c1cc(CN2CC3CCC(C2)O3)ncc1CNC1CC1. The van der Waals surface area contributed by atoms with Crippen molar-refractivity contribution in [2.24, 2.45) is 0 Å². The Balaban J connectivity index is 1.31. The fourth-order valence-electron chi connectivity index (χ4n) is 3.26. The molecule has 4 rings (SSSR count). The molecule has 1 saturated carbocycles. The molecule has 3 aliphatic rings. The summed E-state index contributed by atoms with van der Waals surface area (Å²) in [6, 6.07) is 5.16. The number of aromatic nitrogens is 1. The van der Waals surface area contributed by atoms with E-state index in [0.717, 1.165) is 32.2 Å². The van der Waals surface area contributed by atoms with Crippen LogP contribution in [0.2, 0.25) is 0 Å². The Hall–Kier alpha value is -0.970. The summed E-state index contributed by atoms with van der Waals surface area (Å²) >= 11 is 0. The number of likely N-dealkylation sites (tertiary alicyclic amines) is 1. The van der Waals surface area contributed by atoms with Crippen LogP contribution in [0, 0.1) is 0 Å². The van der Waals surface area contributed by atoms with Gasteiger partial charge in [-0.3, -0.25) is 9.88 Å². The van der Waals surface area contributed by atoms with E-state index in [-0.39, 0.29) is 0 Å². The number of hydrogen-bond donors (Lipinski definition) is 1. The molecule has 4 heteroatoms. The van der Waals surface area contributed by atoms with Gasteiger partial charge in [-0.2, -0.15) is 0 Å². The summed E-state index contributed by atoms with van der Waals surface area (Å²) in [6.45, 7) is 4.07. The van der Waals surface area contributed by atoms with Gasteiger partial charge in [0.25, 0.3) is 0 Å². The van der Waals surface area contributed by atoms with Crippen LogP contribution in [-0.2, 0) is 17.8 Å². The highest BCUT2D eigenvalue weighted by Crippen LogP contribution is 2.26. The van der Waals surface area contributed by atoms with Gasteiger partial charge in [-0.05, 0) is 37.3 Å². The number of hydrogen-bond acceptors (Lipinski definition) is 4. The maximum absolute atomic E-state index is 5.87. The summed E-state index contributed by atoms with van der Waals surface area (Å²) in [5.41, 5.74) is 2.48. The zero-order valence-corrected chi connectivity index (χ0v) is 11.9. The largest absolute Gasteiger partial charge is 0.372 e. The zero-order chi connectivity index (χ0) is 13.4. The van der Waals surface area contributed by atoms with Gasteiger partial charge in [-0.25, -0.2) is 0 Å². The van der Waals surface area contributed by atoms with Gasteiger partial charge >= 0.3 is 0 Å². The Morgan fingerprint density at radius 3 is 2.60 bits per heavy atom. The molecule has 20 heavy (non-hydrogen) atoms. The van der Waals surface area contributed by atoms with E-state index < -0.39 is 0 Å². The van der Waals surface area contributed by atoms with Gasteiger partial charge < -0.3 is 10.1 Å². The molecule has 108 valence electrons. The minimum absolute atomic E-state index is 0.468. The second-order valence-corrected chi connectivity index (χ2v) is 6.46. The Kier molecular flexibility index (Phi) is 3.46. The number of nitrogens with zero attached hydrogens (tertiary/aromatic N) is 2. The molecule has 2 atom stereocenters. The fourth-order valence-corrected chi connectivity index (χ4v) is 3.26. The van der Waals surface area contributed by atoms with E-state index in [2.05, 4.69) is 27.3 Å². The molecule has 3 heterocycles. The molecule has 2 saturated heterocycles. The van der Waals surface area contributed by atoms with Crippen molar-refractivity contribution in [2.45, 2.75) is 57.0 Å². The van der Waals surface area contributed by atoms with Crippen molar-refractivity contribution in [1.29, 1.82) is 0 Å². The van der Waals surface area contributed by atoms with E-state index in [1.165, 1.54) is 36.9 Å². The van der Waals surface area contributed by atoms with Crippen molar-refractivity contribution in [2.75, 3.05) is 13.1 Å². The van der Waals surface area contributed by atoms with Crippen LogP contribution in [0.1, 0.15) is 36.9 Å². The zero-order valence-electron chi connectivity index (χ0n) is 11.9. The molecule has 0 aromatic carbocycles. The minimum atomic E-state index is 0.468. The molecule has 2 aliphatic heterocycles. The van der Waals surface area contributed by atoms with E-state index in [1.807, 2.05) is 6.20 Å². The van der Waals surface area contributed by atoms with Gasteiger partial charge in [0.2, 0.25) is 0 Å². The van der Waals surface area contributed by atoms with Gasteiger partial charge in [0.1, 0.15) is 0 Å². The van der Waals surface area contributed by atoms with E-state index >= 15 is 0 Å². The van der Waals surface area contributed by atoms with Crippen LogP contribution in [0.4, 0.5) is 0 Å². The molecule has 1 N–H and O–H groups in total. The quantitative estimate of drug-likeness (QED) is 0.886. The summed E-state index contributed by atoms with van der Waals surface area (Å²) in [5.74, 6) is 0. The molecular formula is C16H23N3O. The van der Waals surface area contributed by atoms with Gasteiger partial charge in [0.05, 0.1) is 17.9 Å². The van der Waals surface area contributed by atoms with Crippen LogP contribution in [0.25, 0.3) is 0 Å². The maximum Gasteiger partial charge on any atom is 0.0707 e. The lowest BCUT2D eigenvalue weighted by Crippen LogP contribution is -2.42. The van der Waals surface area contributed by atoms with Gasteiger partial charge in [0, 0.05) is 38.4 Å². The highest BCUT2D eigenvalue weighted by molar-refractivity contribution is 5.14. The van der Waals surface area contributed by atoms with E-state index in [9.17, 15) is 0 Å². The van der Waals surface area contributed by atoms with Crippen molar-refractivity contribution in [3.8, 4) is 0 Å². The number of morpholine rings is 1. The first kappa shape index (κ1) is 12.7. The monoisotopic (exact) mass is 273 g/mol. The molecular weight excluding hydrogens is 250 g/mol. The number of fused-ring (bicyclic) bond motifs is 2. The third kappa shape index (κ3) is 3.03. The van der Waals surface area contributed by atoms with E-state index in [4.69, 9.17) is 4.74 Å². The van der Waals surface area contributed by atoms with Crippen LogP contribution in [-0.4, -0.2) is 41.2 Å². The summed E-state index contributed by atoms with van der Waals surface area (Å²) in [6.07, 6.45) is 8.11. The smallest absolute Gasteiger partial charge is 0.0707 e. The third-order valence-corrected chi connectivity index (χ3v) is 4.56. The first-order valence-corrected chi connectivity index (χ1v) is 7.90. The van der Waals surface area contributed by atoms with E-state index in [1.54, 1.807) is 0 Å². The second kappa shape index (κ2) is 5.43. The average molecular weight is 273 g/mol. The summed E-state index contributed by atoms with van der Waals surface area (Å²) in [7, 11) is 0. The Morgan fingerprint density at radius 1 is 1.15 bits per heavy atom. The van der Waals surface area contributed by atoms with Crippen LogP contribution < -0.4 is 5.32 Å². The van der Waals surface area contributed by atoms with E-state index in [0.29, 0.717) is 12.2 Å². The summed E-state index contributed by atoms with van der Waals surface area (Å²) in [4.78, 5) is 7.12. The fraction of sp³-hybridized carbons (Fsp3) is 0.688. The lowest BCUT2D eigenvalue weighted by atomic mass is 10.2. The lowest BCUT2D eigenvalue weighted by Gasteiger charge is -2.31. The Morgan fingerprint density at radius 2 is 1.95 bits per heavy atom. The molecule has 1 aromatic rings. The summed E-state index contributed by atoms with van der Waals surface area (Å²) < 4.78 is 5.87. The lowest BCUT2D eigenvalue weighted by molar-refractivity contribution is -0.0413. The molecule has 3 fully saturated rings. The summed E-state index contributed by atoms with van der Waals surface area (Å²) in [5, 5.41) is 3.53. The third-order valence-electron chi connectivity index (χ3n) is 4.56. The number of pyridine rings is 1. The number of ether oxygens (including phenoxy) is 1. The molecule has 4 nitrogen and oxygen atoms in total. The van der Waals surface area contributed by atoms with Crippen molar-refractivity contribution in [1.82, 2.24) is 15.2 Å². The first-order chi connectivity index (χ1) is 9.85. The van der Waals surface area contributed by atoms with Gasteiger partial charge in [-0.15, -0.1) is 0 Å². The molecule has 1 aromatic heterocycles. The Labute approximate surface area is 120 Å². The van der Waals surface area contributed by atoms with Crippen LogP contribution in [0.15, 0.2) is 18.3 Å². The molecule has 2 unspecified atom stereocenters. The van der Waals surface area contributed by atoms with Gasteiger partial charge in [0.15, 0.2) is 0 Å². The standard InChI is InChI=1S/C16H23N3O/c1-2-14(18-8-12(1)7-17-13-3-4-13)9-19-10-15-5-6-16(11-19)20-15/h1-2,8,13,15-17H,3-7,9-11H2. The number of rotatable bonds is 5. The van der Waals surface area contributed by atoms with Crippen molar-refractivity contribution in [3.63, 3.8) is 0 Å². The van der Waals surface area contributed by atoms with Crippen molar-refractivity contribution < 1.29 is 4.74 Å². The topological polar surface area (TPSA) is 37.4 Å². The van der Waals surface area contributed by atoms with Crippen LogP contribution >= 0.6 is 0 Å². The molecule has 0 spiro atoms. The van der Waals surface area contributed by atoms with Gasteiger partial charge in [-0.1, -0.05) is 6.07 Å². The predicted octanol–water partition coefficient (Wildman–Crippen LogP) is 1.70. The normalized spacial score (nSPS) is 29.8. The minimum Gasteiger partial charge on any atom is -0.372 e. The van der Waals surface area contributed by atoms with Crippen LogP contribution in [0.3, 0.4) is 0 Å². The first-order valence-electron chi connectivity index (χ1n) is 7.90. The second-order valence-electron chi connectivity index (χ2n) is 6.46. The highest BCUT2D eigenvalue weighted by atomic mass is 16.5. The highest BCUT2D eigenvalue weighted by Gasteiger charge is 2.33. The Bertz CT molecular complexity index is 445. The molecule has 2 bridgehead atoms. The molecule has 0 amide bonds. The number of nitrogens with one attached hydrogen (secondary N) is 1. The molecule has 0 radical (unpaired) electrons. The van der Waals surface area contributed by atoms with Crippen molar-refractivity contribution >= 4 is 0 Å².